The van der Waals surface area contributed by atoms with E-state index in [0.29, 0.717) is 6.61 Å². The van der Waals surface area contributed by atoms with Gasteiger partial charge in [-0.1, -0.05) is 19.3 Å². The molecular formula is C12H25NO2. The maximum atomic E-state index is 5.37. The van der Waals surface area contributed by atoms with Crippen molar-refractivity contribution in [1.82, 2.24) is 5.32 Å². The lowest BCUT2D eigenvalue weighted by Gasteiger charge is -2.25. The fourth-order valence-electron chi connectivity index (χ4n) is 1.76. The molecule has 0 aromatic carbocycles. The third-order valence-electron chi connectivity index (χ3n) is 3.03. The minimum Gasteiger partial charge on any atom is -0.382 e. The third kappa shape index (κ3) is 6.88. The van der Waals surface area contributed by atoms with E-state index in [-0.39, 0.29) is 0 Å². The zero-order chi connectivity index (χ0) is 10.8. The zero-order valence-corrected chi connectivity index (χ0v) is 9.96. The highest BCUT2D eigenvalue weighted by atomic mass is 16.5. The Morgan fingerprint density at radius 2 is 2.00 bits per heavy atom. The van der Waals surface area contributed by atoms with Gasteiger partial charge >= 0.3 is 0 Å². The smallest absolute Gasteiger partial charge is 0.0700 e. The average molecular weight is 215 g/mol. The van der Waals surface area contributed by atoms with Crippen LogP contribution in [0.25, 0.3) is 0 Å². The highest BCUT2D eigenvalue weighted by Gasteiger charge is 2.15. The molecule has 1 N–H and O–H groups in total. The van der Waals surface area contributed by atoms with Crippen LogP contribution in [-0.4, -0.2) is 40.0 Å². The normalized spacial score (nSPS) is 16.6. The Morgan fingerprint density at radius 1 is 1.13 bits per heavy atom. The van der Waals surface area contributed by atoms with Gasteiger partial charge in [0.15, 0.2) is 0 Å². The standard InChI is InChI=1S/C12H25NO2/c1-14-10-11-15-9-3-7-13-8-6-12-4-2-5-12/h12-13H,2-11H2,1H3. The van der Waals surface area contributed by atoms with Crippen molar-refractivity contribution in [2.75, 3.05) is 40.0 Å². The van der Waals surface area contributed by atoms with Crippen molar-refractivity contribution in [2.24, 2.45) is 5.92 Å². The van der Waals surface area contributed by atoms with Gasteiger partial charge in [0, 0.05) is 13.7 Å². The molecule has 1 rings (SSSR count). The molecule has 0 saturated heterocycles. The lowest BCUT2D eigenvalue weighted by atomic mass is 9.83. The van der Waals surface area contributed by atoms with Crippen LogP contribution in [0.2, 0.25) is 0 Å². The Labute approximate surface area is 93.5 Å². The number of rotatable bonds is 10. The molecule has 15 heavy (non-hydrogen) atoms. The average Bonchev–Trinajstić information content (AvgIpc) is 2.18. The van der Waals surface area contributed by atoms with Crippen LogP contribution in [-0.2, 0) is 9.47 Å². The molecule has 0 amide bonds. The number of ether oxygens (including phenoxy) is 2. The molecule has 0 atom stereocenters. The maximum absolute atomic E-state index is 5.37. The molecule has 0 unspecified atom stereocenters. The predicted octanol–water partition coefficient (Wildman–Crippen LogP) is 1.82. The summed E-state index contributed by atoms with van der Waals surface area (Å²) in [5.74, 6) is 1.02. The summed E-state index contributed by atoms with van der Waals surface area (Å²) in [6.45, 7) is 4.54. The first-order valence-electron chi connectivity index (χ1n) is 6.21. The van der Waals surface area contributed by atoms with Gasteiger partial charge in [-0.2, -0.15) is 0 Å². The molecule has 0 aromatic heterocycles. The van der Waals surface area contributed by atoms with E-state index < -0.39 is 0 Å². The van der Waals surface area contributed by atoms with Crippen molar-refractivity contribution in [3.63, 3.8) is 0 Å². The van der Waals surface area contributed by atoms with Gasteiger partial charge in [-0.15, -0.1) is 0 Å². The van der Waals surface area contributed by atoms with Gasteiger partial charge in [-0.3, -0.25) is 0 Å². The van der Waals surface area contributed by atoms with Crippen LogP contribution in [0.3, 0.4) is 0 Å². The molecule has 0 radical (unpaired) electrons. The molecule has 1 saturated carbocycles. The summed E-state index contributed by atoms with van der Waals surface area (Å²) in [6.07, 6.45) is 6.85. The summed E-state index contributed by atoms with van der Waals surface area (Å²) in [6, 6.07) is 0. The molecule has 1 aliphatic carbocycles. The van der Waals surface area contributed by atoms with E-state index in [4.69, 9.17) is 9.47 Å². The van der Waals surface area contributed by atoms with E-state index in [9.17, 15) is 0 Å². The minimum absolute atomic E-state index is 0.703. The van der Waals surface area contributed by atoms with Crippen molar-refractivity contribution >= 4 is 0 Å². The fourth-order valence-corrected chi connectivity index (χ4v) is 1.76. The minimum atomic E-state index is 0.703. The summed E-state index contributed by atoms with van der Waals surface area (Å²) in [7, 11) is 1.70. The lowest BCUT2D eigenvalue weighted by molar-refractivity contribution is 0.0694. The van der Waals surface area contributed by atoms with Gasteiger partial charge < -0.3 is 14.8 Å². The van der Waals surface area contributed by atoms with E-state index >= 15 is 0 Å². The molecule has 1 fully saturated rings. The highest BCUT2D eigenvalue weighted by molar-refractivity contribution is 4.70. The Hall–Kier alpha value is -0.120. The topological polar surface area (TPSA) is 30.5 Å². The second kappa shape index (κ2) is 9.13. The third-order valence-corrected chi connectivity index (χ3v) is 3.03. The molecule has 0 heterocycles. The predicted molar refractivity (Wildman–Crippen MR) is 62.1 cm³/mol. The van der Waals surface area contributed by atoms with Crippen LogP contribution in [0.4, 0.5) is 0 Å². The Morgan fingerprint density at radius 3 is 2.67 bits per heavy atom. The zero-order valence-electron chi connectivity index (χ0n) is 9.96. The van der Waals surface area contributed by atoms with Crippen LogP contribution in [0.15, 0.2) is 0 Å². The van der Waals surface area contributed by atoms with Gasteiger partial charge in [-0.25, -0.2) is 0 Å². The van der Waals surface area contributed by atoms with Crippen LogP contribution in [0.5, 0.6) is 0 Å². The van der Waals surface area contributed by atoms with Crippen molar-refractivity contribution in [2.45, 2.75) is 32.1 Å². The number of methoxy groups -OCH3 is 1. The van der Waals surface area contributed by atoms with E-state index in [1.807, 2.05) is 0 Å². The highest BCUT2D eigenvalue weighted by Crippen LogP contribution is 2.28. The van der Waals surface area contributed by atoms with Crippen molar-refractivity contribution in [3.8, 4) is 0 Å². The second-order valence-electron chi connectivity index (χ2n) is 4.29. The first kappa shape index (κ1) is 12.9. The van der Waals surface area contributed by atoms with Gasteiger partial charge in [0.2, 0.25) is 0 Å². The van der Waals surface area contributed by atoms with Gasteiger partial charge in [-0.05, 0) is 31.8 Å². The van der Waals surface area contributed by atoms with Crippen molar-refractivity contribution in [3.05, 3.63) is 0 Å². The van der Waals surface area contributed by atoms with E-state index in [1.54, 1.807) is 7.11 Å². The SMILES string of the molecule is COCCOCCCNCCC1CCC1. The van der Waals surface area contributed by atoms with E-state index in [1.165, 1.54) is 32.2 Å². The molecule has 3 nitrogen and oxygen atoms in total. The summed E-state index contributed by atoms with van der Waals surface area (Å²) >= 11 is 0. The molecule has 0 aliphatic heterocycles. The Balaban J connectivity index is 1.66. The van der Waals surface area contributed by atoms with Crippen LogP contribution < -0.4 is 5.32 Å². The number of nitrogens with one attached hydrogen (secondary N) is 1. The fraction of sp³-hybridized carbons (Fsp3) is 1.00. The number of hydrogen-bond acceptors (Lipinski definition) is 3. The molecular weight excluding hydrogens is 190 g/mol. The van der Waals surface area contributed by atoms with Gasteiger partial charge in [0.1, 0.15) is 0 Å². The summed E-state index contributed by atoms with van der Waals surface area (Å²) in [5, 5.41) is 3.46. The molecule has 0 spiro atoms. The number of hydrogen-bond donors (Lipinski definition) is 1. The quantitative estimate of drug-likeness (QED) is 0.564. The summed E-state index contributed by atoms with van der Waals surface area (Å²) in [4.78, 5) is 0. The van der Waals surface area contributed by atoms with Gasteiger partial charge in [0.05, 0.1) is 13.2 Å². The molecule has 0 aromatic rings. The Kier molecular flexibility index (Phi) is 7.88. The Bertz CT molecular complexity index is 138. The first-order chi connectivity index (χ1) is 7.43. The lowest BCUT2D eigenvalue weighted by Crippen LogP contribution is -2.23. The van der Waals surface area contributed by atoms with Crippen LogP contribution in [0.1, 0.15) is 32.1 Å². The second-order valence-corrected chi connectivity index (χ2v) is 4.29. The summed E-state index contributed by atoms with van der Waals surface area (Å²) in [5.41, 5.74) is 0. The largest absolute Gasteiger partial charge is 0.382 e. The van der Waals surface area contributed by atoms with E-state index in [0.717, 1.165) is 32.1 Å². The summed E-state index contributed by atoms with van der Waals surface area (Å²) < 4.78 is 10.3. The van der Waals surface area contributed by atoms with Crippen molar-refractivity contribution in [1.29, 1.82) is 0 Å². The molecule has 1 aliphatic rings. The molecule has 3 heteroatoms. The molecule has 0 bridgehead atoms. The van der Waals surface area contributed by atoms with E-state index in [2.05, 4.69) is 5.32 Å². The first-order valence-corrected chi connectivity index (χ1v) is 6.21. The van der Waals surface area contributed by atoms with Crippen LogP contribution in [0, 0.1) is 5.92 Å². The van der Waals surface area contributed by atoms with Crippen LogP contribution >= 0.6 is 0 Å². The van der Waals surface area contributed by atoms with Gasteiger partial charge in [0.25, 0.3) is 0 Å². The monoisotopic (exact) mass is 215 g/mol. The maximum Gasteiger partial charge on any atom is 0.0700 e. The van der Waals surface area contributed by atoms with Crippen molar-refractivity contribution < 1.29 is 9.47 Å². The molecule has 90 valence electrons.